The van der Waals surface area contributed by atoms with Crippen molar-refractivity contribution in [2.75, 3.05) is 13.2 Å². The van der Waals surface area contributed by atoms with E-state index in [1.807, 2.05) is 18.3 Å². The summed E-state index contributed by atoms with van der Waals surface area (Å²) in [7, 11) is 0. The number of aryl methyl sites for hydroxylation is 1. The maximum atomic E-state index is 5.71. The normalized spacial score (nSPS) is 11.2. The van der Waals surface area contributed by atoms with Gasteiger partial charge < -0.3 is 15.4 Å². The van der Waals surface area contributed by atoms with E-state index in [9.17, 15) is 0 Å². The standard InChI is InChI=1S/C19H28N4OS.HI/c1-5-20-19(23-12-18-21-10-15(4)25-18)22-11-16-6-8-17(9-7-16)24-13-14(2)3;/h6-10,14H,5,11-13H2,1-4H3,(H2,20,22,23);1H. The summed E-state index contributed by atoms with van der Waals surface area (Å²) in [4.78, 5) is 10.2. The highest BCUT2D eigenvalue weighted by atomic mass is 127. The zero-order chi connectivity index (χ0) is 18.1. The van der Waals surface area contributed by atoms with E-state index in [4.69, 9.17) is 4.74 Å². The van der Waals surface area contributed by atoms with E-state index in [0.29, 0.717) is 19.0 Å². The SMILES string of the molecule is CCNC(=NCc1ccc(OCC(C)C)cc1)NCc1ncc(C)s1.I. The number of benzene rings is 1. The second-order valence-corrected chi connectivity index (χ2v) is 7.58. The molecule has 144 valence electrons. The minimum Gasteiger partial charge on any atom is -0.493 e. The number of rotatable bonds is 8. The topological polar surface area (TPSA) is 58.5 Å². The Labute approximate surface area is 177 Å². The smallest absolute Gasteiger partial charge is 0.191 e. The van der Waals surface area contributed by atoms with Gasteiger partial charge in [0.15, 0.2) is 5.96 Å². The van der Waals surface area contributed by atoms with Crippen LogP contribution < -0.4 is 15.4 Å². The molecule has 26 heavy (non-hydrogen) atoms. The predicted molar refractivity (Wildman–Crippen MR) is 121 cm³/mol. The molecular weight excluding hydrogens is 459 g/mol. The van der Waals surface area contributed by atoms with Crippen molar-refractivity contribution in [3.8, 4) is 5.75 Å². The van der Waals surface area contributed by atoms with E-state index in [-0.39, 0.29) is 24.0 Å². The van der Waals surface area contributed by atoms with Crippen LogP contribution in [0.25, 0.3) is 0 Å². The summed E-state index contributed by atoms with van der Waals surface area (Å²) in [6.45, 7) is 11.3. The molecule has 1 aromatic heterocycles. The Balaban J connectivity index is 0.00000338. The molecular formula is C19H29IN4OS. The maximum Gasteiger partial charge on any atom is 0.191 e. The lowest BCUT2D eigenvalue weighted by Gasteiger charge is -2.11. The van der Waals surface area contributed by atoms with Crippen LogP contribution in [0.2, 0.25) is 0 Å². The molecule has 1 heterocycles. The fourth-order valence-electron chi connectivity index (χ4n) is 2.11. The van der Waals surface area contributed by atoms with Crippen LogP contribution in [-0.4, -0.2) is 24.1 Å². The molecule has 0 radical (unpaired) electrons. The number of guanidine groups is 1. The van der Waals surface area contributed by atoms with Crippen LogP contribution in [0.4, 0.5) is 0 Å². The van der Waals surface area contributed by atoms with Gasteiger partial charge in [0.1, 0.15) is 10.8 Å². The van der Waals surface area contributed by atoms with Crippen LogP contribution in [0.3, 0.4) is 0 Å². The predicted octanol–water partition coefficient (Wildman–Crippen LogP) is 4.36. The number of aromatic nitrogens is 1. The molecule has 0 saturated carbocycles. The zero-order valence-electron chi connectivity index (χ0n) is 15.9. The number of nitrogens with one attached hydrogen (secondary N) is 2. The van der Waals surface area contributed by atoms with Crippen LogP contribution in [0.1, 0.15) is 36.2 Å². The highest BCUT2D eigenvalue weighted by molar-refractivity contribution is 14.0. The molecule has 2 aromatic rings. The molecule has 0 unspecified atom stereocenters. The molecule has 0 bridgehead atoms. The van der Waals surface area contributed by atoms with E-state index < -0.39 is 0 Å². The zero-order valence-corrected chi connectivity index (χ0v) is 19.1. The first kappa shape index (κ1) is 22.7. The number of ether oxygens (including phenoxy) is 1. The van der Waals surface area contributed by atoms with Crippen molar-refractivity contribution < 1.29 is 4.74 Å². The molecule has 0 fully saturated rings. The molecule has 5 nitrogen and oxygen atoms in total. The highest BCUT2D eigenvalue weighted by Gasteiger charge is 2.02. The molecule has 0 spiro atoms. The van der Waals surface area contributed by atoms with Gasteiger partial charge in [-0.1, -0.05) is 26.0 Å². The first-order chi connectivity index (χ1) is 12.1. The van der Waals surface area contributed by atoms with Gasteiger partial charge in [0.25, 0.3) is 0 Å². The minimum absolute atomic E-state index is 0. The summed E-state index contributed by atoms with van der Waals surface area (Å²) in [6, 6.07) is 8.14. The Morgan fingerprint density at radius 1 is 1.23 bits per heavy atom. The van der Waals surface area contributed by atoms with E-state index in [2.05, 4.69) is 60.4 Å². The van der Waals surface area contributed by atoms with Gasteiger partial charge in [-0.2, -0.15) is 0 Å². The third-order valence-electron chi connectivity index (χ3n) is 3.35. The Hall–Kier alpha value is -1.35. The lowest BCUT2D eigenvalue weighted by Crippen LogP contribution is -2.36. The van der Waals surface area contributed by atoms with Crippen LogP contribution in [0.15, 0.2) is 35.5 Å². The van der Waals surface area contributed by atoms with Gasteiger partial charge in [-0.05, 0) is 37.5 Å². The number of aliphatic imine (C=N–C) groups is 1. The molecule has 0 aliphatic rings. The maximum absolute atomic E-state index is 5.71. The van der Waals surface area contributed by atoms with E-state index in [1.54, 1.807) is 11.3 Å². The summed E-state index contributed by atoms with van der Waals surface area (Å²) in [5.41, 5.74) is 1.15. The first-order valence-corrected chi connectivity index (χ1v) is 9.53. The van der Waals surface area contributed by atoms with Crippen molar-refractivity contribution >= 4 is 41.3 Å². The first-order valence-electron chi connectivity index (χ1n) is 8.72. The fourth-order valence-corrected chi connectivity index (χ4v) is 2.84. The van der Waals surface area contributed by atoms with Gasteiger partial charge in [0.2, 0.25) is 0 Å². The van der Waals surface area contributed by atoms with Gasteiger partial charge in [-0.15, -0.1) is 35.3 Å². The molecule has 0 aliphatic carbocycles. The van der Waals surface area contributed by atoms with E-state index in [1.165, 1.54) is 4.88 Å². The van der Waals surface area contributed by atoms with Crippen LogP contribution in [0.5, 0.6) is 5.75 Å². The number of hydrogen-bond acceptors (Lipinski definition) is 4. The fraction of sp³-hybridized carbons (Fsp3) is 0.474. The average molecular weight is 488 g/mol. The van der Waals surface area contributed by atoms with Crippen molar-refractivity contribution in [2.24, 2.45) is 10.9 Å². The lowest BCUT2D eigenvalue weighted by molar-refractivity contribution is 0.271. The molecule has 1 aromatic carbocycles. The van der Waals surface area contributed by atoms with Gasteiger partial charge in [0, 0.05) is 17.6 Å². The molecule has 0 saturated heterocycles. The number of thiazole rings is 1. The third-order valence-corrected chi connectivity index (χ3v) is 4.26. The quantitative estimate of drug-likeness (QED) is 0.330. The Morgan fingerprint density at radius 2 is 1.96 bits per heavy atom. The number of nitrogens with zero attached hydrogens (tertiary/aromatic N) is 2. The highest BCUT2D eigenvalue weighted by Crippen LogP contribution is 2.14. The average Bonchev–Trinajstić information content (AvgIpc) is 3.02. The monoisotopic (exact) mass is 488 g/mol. The van der Waals surface area contributed by atoms with E-state index >= 15 is 0 Å². The summed E-state index contributed by atoms with van der Waals surface area (Å²) < 4.78 is 5.71. The van der Waals surface area contributed by atoms with Crippen molar-refractivity contribution in [2.45, 2.75) is 40.8 Å². The van der Waals surface area contributed by atoms with Gasteiger partial charge in [-0.3, -0.25) is 0 Å². The Kier molecular flexibility index (Phi) is 10.6. The summed E-state index contributed by atoms with van der Waals surface area (Å²) >= 11 is 1.70. The Morgan fingerprint density at radius 3 is 2.54 bits per heavy atom. The summed E-state index contributed by atoms with van der Waals surface area (Å²) in [5, 5.41) is 7.66. The molecule has 0 atom stereocenters. The van der Waals surface area contributed by atoms with E-state index in [0.717, 1.165) is 35.4 Å². The van der Waals surface area contributed by atoms with Gasteiger partial charge in [-0.25, -0.2) is 9.98 Å². The van der Waals surface area contributed by atoms with Crippen LogP contribution in [0, 0.1) is 12.8 Å². The van der Waals surface area contributed by atoms with Gasteiger partial charge in [0.05, 0.1) is 19.7 Å². The number of halogens is 1. The van der Waals surface area contributed by atoms with Crippen molar-refractivity contribution in [1.29, 1.82) is 0 Å². The van der Waals surface area contributed by atoms with Gasteiger partial charge >= 0.3 is 0 Å². The van der Waals surface area contributed by atoms with Crippen molar-refractivity contribution in [3.63, 3.8) is 0 Å². The molecule has 0 aliphatic heterocycles. The third kappa shape index (κ3) is 8.35. The Bertz CT molecular complexity index is 670. The van der Waals surface area contributed by atoms with Crippen LogP contribution in [-0.2, 0) is 13.1 Å². The lowest BCUT2D eigenvalue weighted by atomic mass is 10.2. The number of hydrogen-bond donors (Lipinski definition) is 2. The summed E-state index contributed by atoms with van der Waals surface area (Å²) in [6.07, 6.45) is 1.90. The summed E-state index contributed by atoms with van der Waals surface area (Å²) in [5.74, 6) is 2.24. The second kappa shape index (κ2) is 12.1. The molecule has 0 amide bonds. The largest absolute Gasteiger partial charge is 0.493 e. The molecule has 2 N–H and O–H groups in total. The second-order valence-electron chi connectivity index (χ2n) is 6.26. The van der Waals surface area contributed by atoms with Crippen molar-refractivity contribution in [3.05, 3.63) is 45.9 Å². The minimum atomic E-state index is 0. The molecule has 7 heteroatoms. The van der Waals surface area contributed by atoms with Crippen molar-refractivity contribution in [1.82, 2.24) is 15.6 Å². The molecule has 2 rings (SSSR count). The van der Waals surface area contributed by atoms with Crippen LogP contribution >= 0.6 is 35.3 Å².